The van der Waals surface area contributed by atoms with Crippen LogP contribution in [0.15, 0.2) is 42.5 Å². The van der Waals surface area contributed by atoms with Gasteiger partial charge in [-0.3, -0.25) is 9.59 Å². The lowest BCUT2D eigenvalue weighted by Crippen LogP contribution is -2.47. The first-order valence-electron chi connectivity index (χ1n) is 8.33. The Bertz CT molecular complexity index is 788. The zero-order chi connectivity index (χ0) is 19.3. The second kappa shape index (κ2) is 8.72. The van der Waals surface area contributed by atoms with Crippen molar-refractivity contribution in [2.45, 2.75) is 26.8 Å². The summed E-state index contributed by atoms with van der Waals surface area (Å²) < 4.78 is 5.09. The fraction of sp³-hybridized carbons (Fsp3) is 0.300. The summed E-state index contributed by atoms with van der Waals surface area (Å²) in [5, 5.41) is 6.27. The maximum absolute atomic E-state index is 12.7. The third-order valence-corrected chi connectivity index (χ3v) is 4.27. The molecule has 0 aromatic heterocycles. The van der Waals surface area contributed by atoms with E-state index in [-0.39, 0.29) is 17.7 Å². The summed E-state index contributed by atoms with van der Waals surface area (Å²) in [6.07, 6.45) is 0. The zero-order valence-electron chi connectivity index (χ0n) is 15.3. The van der Waals surface area contributed by atoms with Gasteiger partial charge in [0.2, 0.25) is 5.91 Å². The average molecular weight is 375 g/mol. The van der Waals surface area contributed by atoms with Crippen LogP contribution >= 0.6 is 11.6 Å². The lowest BCUT2D eigenvalue weighted by molar-refractivity contribution is -0.118. The van der Waals surface area contributed by atoms with Crippen LogP contribution in [0.25, 0.3) is 0 Å². The Kier molecular flexibility index (Phi) is 6.64. The maximum Gasteiger partial charge on any atom is 0.251 e. The van der Waals surface area contributed by atoms with E-state index in [0.29, 0.717) is 22.0 Å². The van der Waals surface area contributed by atoms with Crippen molar-refractivity contribution < 1.29 is 14.3 Å². The highest BCUT2D eigenvalue weighted by Gasteiger charge is 2.25. The highest BCUT2D eigenvalue weighted by Crippen LogP contribution is 2.20. The summed E-state index contributed by atoms with van der Waals surface area (Å²) in [5.41, 5.74) is 1.99. The number of hydrogen-bond donors (Lipinski definition) is 2. The molecular formula is C20H23ClN2O3. The van der Waals surface area contributed by atoms with Gasteiger partial charge in [0.15, 0.2) is 0 Å². The van der Waals surface area contributed by atoms with Gasteiger partial charge in [-0.05, 0) is 60.9 Å². The third kappa shape index (κ3) is 4.99. The van der Waals surface area contributed by atoms with Crippen LogP contribution in [0.2, 0.25) is 5.02 Å². The lowest BCUT2D eigenvalue weighted by atomic mass is 10.0. The molecule has 1 unspecified atom stereocenters. The van der Waals surface area contributed by atoms with E-state index in [1.165, 1.54) is 0 Å². The minimum atomic E-state index is -0.667. The van der Waals surface area contributed by atoms with E-state index in [0.717, 1.165) is 5.56 Å². The quantitative estimate of drug-likeness (QED) is 0.801. The van der Waals surface area contributed by atoms with Crippen LogP contribution in [0.4, 0.5) is 5.69 Å². The lowest BCUT2D eigenvalue weighted by Gasteiger charge is -2.22. The van der Waals surface area contributed by atoms with Crippen LogP contribution in [0.1, 0.15) is 29.8 Å². The number of amides is 2. The van der Waals surface area contributed by atoms with Gasteiger partial charge in [0.25, 0.3) is 5.91 Å². The molecule has 2 amide bonds. The number of hydrogen-bond acceptors (Lipinski definition) is 3. The molecule has 2 aromatic rings. The Morgan fingerprint density at radius 3 is 2.27 bits per heavy atom. The van der Waals surface area contributed by atoms with Crippen molar-refractivity contribution in [3.05, 3.63) is 58.6 Å². The molecule has 0 radical (unpaired) electrons. The predicted molar refractivity (Wildman–Crippen MR) is 104 cm³/mol. The number of methoxy groups -OCH3 is 1. The Morgan fingerprint density at radius 2 is 1.73 bits per heavy atom. The molecule has 0 aliphatic heterocycles. The Hall–Kier alpha value is -2.53. The van der Waals surface area contributed by atoms with E-state index in [4.69, 9.17) is 16.3 Å². The summed E-state index contributed by atoms with van der Waals surface area (Å²) in [6.45, 7) is 5.63. The van der Waals surface area contributed by atoms with E-state index < -0.39 is 6.04 Å². The van der Waals surface area contributed by atoms with Gasteiger partial charge >= 0.3 is 0 Å². The molecule has 6 heteroatoms. The summed E-state index contributed by atoms with van der Waals surface area (Å²) in [7, 11) is 1.56. The van der Waals surface area contributed by atoms with Gasteiger partial charge in [0.1, 0.15) is 11.8 Å². The number of halogens is 1. The SMILES string of the molecule is COc1ccc(C(=O)NC(C(=O)Nc2ccc(Cl)cc2C)C(C)C)cc1. The standard InChI is InChI=1S/C20H23ClN2O3/c1-12(2)18(20(25)22-17-10-7-15(21)11-13(17)3)23-19(24)14-5-8-16(26-4)9-6-14/h5-12,18H,1-4H3,(H,22,25)(H,23,24). The van der Waals surface area contributed by atoms with E-state index in [9.17, 15) is 9.59 Å². The van der Waals surface area contributed by atoms with E-state index in [1.807, 2.05) is 20.8 Å². The topological polar surface area (TPSA) is 67.4 Å². The fourth-order valence-electron chi connectivity index (χ4n) is 2.48. The summed E-state index contributed by atoms with van der Waals surface area (Å²) >= 11 is 5.95. The van der Waals surface area contributed by atoms with Crippen LogP contribution < -0.4 is 15.4 Å². The average Bonchev–Trinajstić information content (AvgIpc) is 2.61. The summed E-state index contributed by atoms with van der Waals surface area (Å²) in [5.74, 6) is 0.00401. The van der Waals surface area contributed by atoms with Gasteiger partial charge in [-0.25, -0.2) is 0 Å². The Balaban J connectivity index is 2.11. The van der Waals surface area contributed by atoms with Crippen molar-refractivity contribution in [3.63, 3.8) is 0 Å². The number of carbonyl (C=O) groups excluding carboxylic acids is 2. The number of anilines is 1. The minimum Gasteiger partial charge on any atom is -0.497 e. The van der Waals surface area contributed by atoms with Gasteiger partial charge in [-0.15, -0.1) is 0 Å². The third-order valence-electron chi connectivity index (χ3n) is 4.03. The van der Waals surface area contributed by atoms with Crippen molar-refractivity contribution in [1.82, 2.24) is 5.32 Å². The second-order valence-electron chi connectivity index (χ2n) is 6.37. The molecule has 0 heterocycles. The summed E-state index contributed by atoms with van der Waals surface area (Å²) in [6, 6.07) is 11.3. The monoisotopic (exact) mass is 374 g/mol. The molecule has 0 saturated heterocycles. The van der Waals surface area contributed by atoms with Crippen molar-refractivity contribution in [3.8, 4) is 5.75 Å². The highest BCUT2D eigenvalue weighted by molar-refractivity contribution is 6.30. The van der Waals surface area contributed by atoms with E-state index >= 15 is 0 Å². The van der Waals surface area contributed by atoms with Gasteiger partial charge in [-0.2, -0.15) is 0 Å². The Labute approximate surface area is 158 Å². The van der Waals surface area contributed by atoms with Crippen molar-refractivity contribution in [1.29, 1.82) is 0 Å². The number of carbonyl (C=O) groups is 2. The molecule has 0 spiro atoms. The number of benzene rings is 2. The normalized spacial score (nSPS) is 11.8. The molecule has 1 atom stereocenters. The predicted octanol–water partition coefficient (Wildman–Crippen LogP) is 4.05. The van der Waals surface area contributed by atoms with Crippen LogP contribution in [-0.2, 0) is 4.79 Å². The largest absolute Gasteiger partial charge is 0.497 e. The number of aryl methyl sites for hydroxylation is 1. The highest BCUT2D eigenvalue weighted by atomic mass is 35.5. The number of nitrogens with one attached hydrogen (secondary N) is 2. The fourth-order valence-corrected chi connectivity index (χ4v) is 2.71. The minimum absolute atomic E-state index is 0.0789. The van der Waals surface area contributed by atoms with Crippen molar-refractivity contribution in [2.75, 3.05) is 12.4 Å². The second-order valence-corrected chi connectivity index (χ2v) is 6.81. The van der Waals surface area contributed by atoms with E-state index in [2.05, 4.69) is 10.6 Å². The molecule has 0 aliphatic carbocycles. The maximum atomic E-state index is 12.7. The van der Waals surface area contributed by atoms with Crippen molar-refractivity contribution in [2.24, 2.45) is 5.92 Å². The first kappa shape index (κ1) is 19.8. The molecule has 0 fully saturated rings. The van der Waals surface area contributed by atoms with Crippen LogP contribution in [-0.4, -0.2) is 25.0 Å². The summed E-state index contributed by atoms with van der Waals surface area (Å²) in [4.78, 5) is 25.2. The first-order valence-corrected chi connectivity index (χ1v) is 8.71. The van der Waals surface area contributed by atoms with Crippen LogP contribution in [0.3, 0.4) is 0 Å². The first-order chi connectivity index (χ1) is 12.3. The van der Waals surface area contributed by atoms with Gasteiger partial charge in [0.05, 0.1) is 7.11 Å². The molecule has 138 valence electrons. The molecular weight excluding hydrogens is 352 g/mol. The number of rotatable bonds is 6. The van der Waals surface area contributed by atoms with Gasteiger partial charge in [-0.1, -0.05) is 25.4 Å². The molecule has 0 bridgehead atoms. The molecule has 2 rings (SSSR count). The molecule has 5 nitrogen and oxygen atoms in total. The van der Waals surface area contributed by atoms with Gasteiger partial charge in [0, 0.05) is 16.3 Å². The van der Waals surface area contributed by atoms with Crippen LogP contribution in [0, 0.1) is 12.8 Å². The molecule has 0 aliphatic rings. The molecule has 0 saturated carbocycles. The number of ether oxygens (including phenoxy) is 1. The Morgan fingerprint density at radius 1 is 1.08 bits per heavy atom. The van der Waals surface area contributed by atoms with Crippen molar-refractivity contribution >= 4 is 29.1 Å². The van der Waals surface area contributed by atoms with Crippen LogP contribution in [0.5, 0.6) is 5.75 Å². The zero-order valence-corrected chi connectivity index (χ0v) is 16.1. The molecule has 2 aromatic carbocycles. The molecule has 26 heavy (non-hydrogen) atoms. The smallest absolute Gasteiger partial charge is 0.251 e. The molecule has 2 N–H and O–H groups in total. The van der Waals surface area contributed by atoms with E-state index in [1.54, 1.807) is 49.6 Å². The van der Waals surface area contributed by atoms with Gasteiger partial charge < -0.3 is 15.4 Å².